The minimum atomic E-state index is -4.02. The minimum absolute atomic E-state index is 0. The van der Waals surface area contributed by atoms with Crippen molar-refractivity contribution in [1.82, 2.24) is 0 Å². The van der Waals surface area contributed by atoms with Crippen LogP contribution in [0.3, 0.4) is 0 Å². The zero-order valence-corrected chi connectivity index (χ0v) is 13.8. The molecule has 19 heavy (non-hydrogen) atoms. The summed E-state index contributed by atoms with van der Waals surface area (Å²) >= 11 is 0. The third kappa shape index (κ3) is 5.11. The van der Waals surface area contributed by atoms with Crippen LogP contribution in [0.15, 0.2) is 23.1 Å². The fourth-order valence-electron chi connectivity index (χ4n) is 1.13. The van der Waals surface area contributed by atoms with Crippen molar-refractivity contribution in [1.29, 1.82) is 5.26 Å². The molecule has 0 heterocycles. The van der Waals surface area contributed by atoms with Crippen LogP contribution in [-0.4, -0.2) is 22.1 Å². The third-order valence-electron chi connectivity index (χ3n) is 1.83. The molecule has 0 aromatic heterocycles. The Kier molecular flexibility index (Phi) is 9.30. The molecule has 1 radical (unpaired) electrons. The Bertz CT molecular complexity index is 558. The van der Waals surface area contributed by atoms with Gasteiger partial charge < -0.3 is 16.9 Å². The molecule has 0 saturated heterocycles. The quantitative estimate of drug-likeness (QED) is 0.767. The van der Waals surface area contributed by atoms with Gasteiger partial charge in [0.1, 0.15) is 27.4 Å². The van der Waals surface area contributed by atoms with E-state index in [1.54, 1.807) is 0 Å². The summed E-state index contributed by atoms with van der Waals surface area (Å²) in [6.45, 7) is -3.14. The summed E-state index contributed by atoms with van der Waals surface area (Å²) in [5.74, 6) is -0.493. The van der Waals surface area contributed by atoms with Gasteiger partial charge in [0, 0.05) is 32.7 Å². The van der Waals surface area contributed by atoms with Crippen LogP contribution in [0.4, 0.5) is 8.78 Å². The zero-order valence-electron chi connectivity index (χ0n) is 10.2. The van der Waals surface area contributed by atoms with E-state index < -0.39 is 32.8 Å². The van der Waals surface area contributed by atoms with E-state index in [9.17, 15) is 17.2 Å². The van der Waals surface area contributed by atoms with E-state index in [0.717, 1.165) is 19.2 Å². The number of nitrogens with zero attached hydrogens (tertiary/aromatic N) is 2. The Balaban J connectivity index is 0. The van der Waals surface area contributed by atoms with Crippen molar-refractivity contribution >= 4 is 10.0 Å². The molecule has 9 heteroatoms. The maximum absolute atomic E-state index is 12.0. The molecule has 0 spiro atoms. The summed E-state index contributed by atoms with van der Waals surface area (Å²) in [6, 6.07) is 4.88. The summed E-state index contributed by atoms with van der Waals surface area (Å²) in [5, 5.41) is 8.79. The molecule has 0 N–H and O–H groups in total. The molecule has 0 saturated carbocycles. The van der Waals surface area contributed by atoms with Gasteiger partial charge in [0.15, 0.2) is 0 Å². The maximum Gasteiger partial charge on any atom is 0.387 e. The van der Waals surface area contributed by atoms with Crippen LogP contribution in [0.25, 0.3) is 4.72 Å². The normalized spacial score (nSPS) is 10.1. The fraction of sp³-hybridized carbons (Fsp3) is 0.200. The molecule has 1 aromatic rings. The molecule has 0 aliphatic carbocycles. The summed E-state index contributed by atoms with van der Waals surface area (Å²) < 4.78 is 54.2. The molecule has 103 valence electrons. The van der Waals surface area contributed by atoms with Crippen LogP contribution < -0.4 is 4.74 Å². The Hall–Kier alpha value is -0.616. The molecule has 0 unspecified atom stereocenters. The van der Waals surface area contributed by atoms with Gasteiger partial charge in [-0.1, -0.05) is 6.07 Å². The van der Waals surface area contributed by atoms with Gasteiger partial charge in [-0.25, -0.2) is 8.42 Å². The molecule has 0 atom stereocenters. The second-order valence-electron chi connectivity index (χ2n) is 2.78. The molecule has 1 aromatic carbocycles. The van der Waals surface area contributed by atoms with Gasteiger partial charge in [0.25, 0.3) is 0 Å². The van der Waals surface area contributed by atoms with E-state index in [-0.39, 0.29) is 40.1 Å². The molecule has 0 amide bonds. The first-order chi connectivity index (χ1) is 7.92. The van der Waals surface area contributed by atoms with E-state index in [2.05, 4.69) is 9.46 Å². The molecule has 0 aliphatic rings. The first kappa shape index (κ1) is 20.7. The monoisotopic (exact) mass is 365 g/mol. The molecule has 0 fully saturated rings. The van der Waals surface area contributed by atoms with Crippen LogP contribution >= 0.6 is 0 Å². The van der Waals surface area contributed by atoms with Crippen LogP contribution in [0.1, 0.15) is 5.56 Å². The number of sulfonamides is 1. The second-order valence-corrected chi connectivity index (χ2v) is 4.53. The average molecular weight is 365 g/mol. The number of nitriles is 1. The van der Waals surface area contributed by atoms with Crippen molar-refractivity contribution < 1.29 is 54.6 Å². The van der Waals surface area contributed by atoms with Crippen molar-refractivity contribution in [3.8, 4) is 11.8 Å². The van der Waals surface area contributed by atoms with Gasteiger partial charge in [0.2, 0.25) is 0 Å². The third-order valence-corrected chi connectivity index (χ3v) is 3.21. The Labute approximate surface area is 135 Å². The van der Waals surface area contributed by atoms with E-state index >= 15 is 0 Å². The Morgan fingerprint density at radius 3 is 2.42 bits per heavy atom. The van der Waals surface area contributed by atoms with Crippen LogP contribution in [0, 0.1) is 18.8 Å². The predicted octanol–water partition coefficient (Wildman–Crippen LogP) is 2.30. The number of halogens is 2. The first-order valence-corrected chi connectivity index (χ1v) is 5.70. The summed E-state index contributed by atoms with van der Waals surface area (Å²) in [7, 11) is -3.00. The fourth-order valence-corrected chi connectivity index (χ4v) is 1.98. The van der Waals surface area contributed by atoms with Crippen molar-refractivity contribution in [2.45, 2.75) is 11.5 Å². The number of benzene rings is 1. The molecular formula is C10H10F2N2O3SY-2. The van der Waals surface area contributed by atoms with Crippen molar-refractivity contribution in [3.63, 3.8) is 0 Å². The van der Waals surface area contributed by atoms with Gasteiger partial charge in [-0.2, -0.15) is 21.1 Å². The maximum atomic E-state index is 12.0. The van der Waals surface area contributed by atoms with Gasteiger partial charge in [-0.05, 0) is 12.1 Å². The molecule has 0 bridgehead atoms. The summed E-state index contributed by atoms with van der Waals surface area (Å²) in [4.78, 5) is -0.458. The van der Waals surface area contributed by atoms with Gasteiger partial charge in [-0.15, -0.1) is 0 Å². The van der Waals surface area contributed by atoms with E-state index in [4.69, 9.17) is 5.26 Å². The minimum Gasteiger partial charge on any atom is -0.547 e. The van der Waals surface area contributed by atoms with Crippen LogP contribution in [0.2, 0.25) is 0 Å². The first-order valence-electron chi connectivity index (χ1n) is 4.26. The molecule has 5 nitrogen and oxygen atoms in total. The largest absolute Gasteiger partial charge is 0.547 e. The van der Waals surface area contributed by atoms with Crippen molar-refractivity contribution in [2.75, 3.05) is 7.05 Å². The summed E-state index contributed by atoms with van der Waals surface area (Å²) in [5.41, 5.74) is -0.488. The average Bonchev–Trinajstić information content (AvgIpc) is 2.28. The number of rotatable bonds is 4. The predicted molar refractivity (Wildman–Crippen MR) is 60.7 cm³/mol. The van der Waals surface area contributed by atoms with E-state index in [0.29, 0.717) is 0 Å². The molecule has 0 aliphatic heterocycles. The zero-order chi connectivity index (χ0) is 13.1. The number of alkyl halides is 2. The Morgan fingerprint density at radius 1 is 1.42 bits per heavy atom. The second kappa shape index (κ2) is 8.53. The standard InChI is InChI=1S/C9H7F2N2O3S.CH3.Y/c1-13-17(14,15)8-4-2-3-7(6(8)5-12)16-9(10)11;;/h2-4,9H,1H3;1H3;/q2*-1;. The van der Waals surface area contributed by atoms with Crippen LogP contribution in [0.5, 0.6) is 5.75 Å². The number of hydrogen-bond acceptors (Lipinski definition) is 4. The SMILES string of the molecule is C[N-]S(=O)(=O)c1cccc(OC(F)F)c1C#N.[CH3-].[Y]. The van der Waals surface area contributed by atoms with E-state index in [1.807, 2.05) is 0 Å². The number of ether oxygens (including phenoxy) is 1. The molecule has 1 rings (SSSR count). The van der Waals surface area contributed by atoms with Gasteiger partial charge in [0.05, 0.1) is 4.90 Å². The summed E-state index contributed by atoms with van der Waals surface area (Å²) in [6.07, 6.45) is 0. The number of hydrogen-bond donors (Lipinski definition) is 0. The Morgan fingerprint density at radius 2 is 2.00 bits per heavy atom. The van der Waals surface area contributed by atoms with Crippen LogP contribution in [-0.2, 0) is 42.7 Å². The van der Waals surface area contributed by atoms with Gasteiger partial charge in [-0.3, -0.25) is 0 Å². The van der Waals surface area contributed by atoms with Gasteiger partial charge >= 0.3 is 6.61 Å². The van der Waals surface area contributed by atoms with E-state index in [1.165, 1.54) is 12.1 Å². The van der Waals surface area contributed by atoms with Crippen molar-refractivity contribution in [2.24, 2.45) is 0 Å². The van der Waals surface area contributed by atoms with Crippen molar-refractivity contribution in [3.05, 3.63) is 35.9 Å². The molecular weight excluding hydrogens is 355 g/mol. The smallest absolute Gasteiger partial charge is 0.387 e. The topological polar surface area (TPSA) is 81.3 Å².